The molecule has 0 aliphatic carbocycles. The summed E-state index contributed by atoms with van der Waals surface area (Å²) in [5.41, 5.74) is 0.431. The van der Waals surface area contributed by atoms with E-state index in [-0.39, 0.29) is 0 Å². The van der Waals surface area contributed by atoms with Gasteiger partial charge in [-0.15, -0.1) is 0 Å². The minimum atomic E-state index is -2.89. The van der Waals surface area contributed by atoms with Crippen LogP contribution in [0.2, 0.25) is 17.1 Å². The molecular weight excluding hydrogens is 367 g/mol. The summed E-state index contributed by atoms with van der Waals surface area (Å²) in [6.45, 7) is 2.19. The highest BCUT2D eigenvalue weighted by Crippen LogP contribution is 2.35. The van der Waals surface area contributed by atoms with Crippen molar-refractivity contribution in [2.24, 2.45) is 5.92 Å². The van der Waals surface area contributed by atoms with E-state index in [9.17, 15) is 4.79 Å². The zero-order valence-electron chi connectivity index (χ0n) is 15.0. The molecule has 0 N–H and O–H groups in total. The van der Waals surface area contributed by atoms with Crippen molar-refractivity contribution in [1.82, 2.24) is 0 Å². The van der Waals surface area contributed by atoms with Gasteiger partial charge >= 0.3 is 5.97 Å². The molecule has 0 radical (unpaired) electrons. The van der Waals surface area contributed by atoms with Crippen LogP contribution in [-0.4, -0.2) is 14.4 Å². The van der Waals surface area contributed by atoms with Gasteiger partial charge in [-0.25, -0.2) is 4.79 Å². The first-order valence-electron chi connectivity index (χ1n) is 9.27. The van der Waals surface area contributed by atoms with Crippen LogP contribution in [0, 0.1) is 5.92 Å². The fraction of sp³-hybridized carbons (Fsp3) is 0.381. The quantitative estimate of drug-likeness (QED) is 0.275. The lowest BCUT2D eigenvalue weighted by Gasteiger charge is -2.32. The molecule has 138 valence electrons. The van der Waals surface area contributed by atoms with E-state index in [1.165, 1.54) is 12.8 Å². The topological polar surface area (TPSA) is 26.3 Å². The molecule has 1 aliphatic rings. The Morgan fingerprint density at radius 2 is 1.73 bits per heavy atom. The van der Waals surface area contributed by atoms with E-state index in [0.717, 1.165) is 18.0 Å². The third-order valence-electron chi connectivity index (χ3n) is 5.26. The highest BCUT2D eigenvalue weighted by atomic mass is 35.5. The fourth-order valence-corrected chi connectivity index (χ4v) is 7.14. The van der Waals surface area contributed by atoms with E-state index in [0.29, 0.717) is 34.3 Å². The molecular formula is C21H24ClFO2Si. The van der Waals surface area contributed by atoms with Gasteiger partial charge in [0.15, 0.2) is 0 Å². The summed E-state index contributed by atoms with van der Waals surface area (Å²) in [4.78, 5) is 12.2. The monoisotopic (exact) mass is 390 g/mol. The molecule has 2 aromatic carbocycles. The van der Waals surface area contributed by atoms with Crippen molar-refractivity contribution < 1.29 is 13.6 Å². The molecule has 5 heteroatoms. The Labute approximate surface area is 160 Å². The minimum absolute atomic E-state index is 0.431. The Morgan fingerprint density at radius 3 is 2.31 bits per heavy atom. The molecule has 0 unspecified atom stereocenters. The molecule has 3 rings (SSSR count). The van der Waals surface area contributed by atoms with Gasteiger partial charge in [0.25, 0.3) is 8.41 Å². The van der Waals surface area contributed by atoms with Crippen LogP contribution < -0.4 is 9.92 Å². The Balaban J connectivity index is 1.64. The average molecular weight is 391 g/mol. The molecule has 0 saturated carbocycles. The molecule has 0 spiro atoms. The lowest BCUT2D eigenvalue weighted by Crippen LogP contribution is -2.46. The van der Waals surface area contributed by atoms with Crippen LogP contribution in [0.25, 0.3) is 0 Å². The van der Waals surface area contributed by atoms with E-state index in [4.69, 9.17) is 16.3 Å². The predicted octanol–water partition coefficient (Wildman–Crippen LogP) is 5.89. The van der Waals surface area contributed by atoms with Gasteiger partial charge < -0.3 is 8.84 Å². The van der Waals surface area contributed by atoms with Gasteiger partial charge in [0.2, 0.25) is 0 Å². The van der Waals surface area contributed by atoms with Crippen LogP contribution in [0.5, 0.6) is 5.75 Å². The van der Waals surface area contributed by atoms with Gasteiger partial charge in [-0.3, -0.25) is 0 Å². The zero-order valence-corrected chi connectivity index (χ0v) is 16.8. The van der Waals surface area contributed by atoms with E-state index < -0.39 is 14.4 Å². The first kappa shape index (κ1) is 19.1. The van der Waals surface area contributed by atoms with Gasteiger partial charge in [0, 0.05) is 5.02 Å². The lowest BCUT2D eigenvalue weighted by molar-refractivity contribution is 0.0735. The normalized spacial score (nSPS) is 22.8. The molecule has 26 heavy (non-hydrogen) atoms. The molecule has 1 saturated heterocycles. The number of hydrogen-bond donors (Lipinski definition) is 0. The van der Waals surface area contributed by atoms with E-state index >= 15 is 4.11 Å². The number of carbonyl (C=O) groups excluding carboxylic acids is 1. The predicted molar refractivity (Wildman–Crippen MR) is 107 cm³/mol. The van der Waals surface area contributed by atoms with Crippen molar-refractivity contribution in [3.63, 3.8) is 0 Å². The smallest absolute Gasteiger partial charge is 0.343 e. The first-order chi connectivity index (χ1) is 12.5. The Bertz CT molecular complexity index is 738. The van der Waals surface area contributed by atoms with Gasteiger partial charge in [-0.05, 0) is 59.6 Å². The summed E-state index contributed by atoms with van der Waals surface area (Å²) in [5.74, 6) is 0.680. The number of halogens is 2. The van der Waals surface area contributed by atoms with E-state index in [1.807, 2.05) is 0 Å². The molecule has 0 amide bonds. The maximum atomic E-state index is 15.4. The highest BCUT2D eigenvalue weighted by Gasteiger charge is 2.40. The van der Waals surface area contributed by atoms with Crippen LogP contribution >= 0.6 is 11.6 Å². The fourth-order valence-electron chi connectivity index (χ4n) is 3.69. The number of hydrogen-bond acceptors (Lipinski definition) is 2. The second kappa shape index (κ2) is 8.36. The third kappa shape index (κ3) is 4.54. The lowest BCUT2D eigenvalue weighted by atomic mass is 9.97. The van der Waals surface area contributed by atoms with Gasteiger partial charge in [-0.1, -0.05) is 56.3 Å². The molecule has 2 nitrogen and oxygen atoms in total. The number of carbonyl (C=O) groups is 1. The van der Waals surface area contributed by atoms with Gasteiger partial charge in [0.1, 0.15) is 5.75 Å². The van der Waals surface area contributed by atoms with Crippen LogP contribution in [-0.2, 0) is 0 Å². The van der Waals surface area contributed by atoms with Crippen molar-refractivity contribution in [1.29, 1.82) is 0 Å². The number of esters is 1. The summed E-state index contributed by atoms with van der Waals surface area (Å²) in [7, 11) is -2.89. The summed E-state index contributed by atoms with van der Waals surface area (Å²) in [5, 5.41) is 1.39. The number of ether oxygens (including phenoxy) is 1. The molecule has 0 bridgehead atoms. The maximum absolute atomic E-state index is 15.4. The summed E-state index contributed by atoms with van der Waals surface area (Å²) in [6, 6.07) is 15.0. The molecule has 1 aliphatic heterocycles. The average Bonchev–Trinajstić information content (AvgIpc) is 2.66. The SMILES string of the molecule is CCC[C@H]1CC[Si@](F)(c2ccc(C(=O)Oc3ccc(Cl)cc3)cc2)CC1. The van der Waals surface area contributed by atoms with Crippen LogP contribution in [0.4, 0.5) is 4.11 Å². The second-order valence-electron chi connectivity index (χ2n) is 7.12. The summed E-state index contributed by atoms with van der Waals surface area (Å²) < 4.78 is 20.8. The first-order valence-corrected chi connectivity index (χ1v) is 11.9. The molecule has 0 aromatic heterocycles. The number of benzene rings is 2. The minimum Gasteiger partial charge on any atom is -0.423 e. The zero-order chi connectivity index (χ0) is 18.6. The van der Waals surface area contributed by atoms with Crippen molar-refractivity contribution in [3.05, 3.63) is 59.1 Å². The Kier molecular flexibility index (Phi) is 6.15. The third-order valence-corrected chi connectivity index (χ3v) is 9.04. The Hall–Kier alpha value is -1.65. The molecule has 0 atom stereocenters. The van der Waals surface area contributed by atoms with Crippen molar-refractivity contribution in [2.75, 3.05) is 0 Å². The van der Waals surface area contributed by atoms with Crippen LogP contribution in [0.1, 0.15) is 43.0 Å². The molecule has 1 heterocycles. The van der Waals surface area contributed by atoms with Crippen LogP contribution in [0.15, 0.2) is 48.5 Å². The molecule has 1 fully saturated rings. The molecule has 2 aromatic rings. The maximum Gasteiger partial charge on any atom is 0.343 e. The summed E-state index contributed by atoms with van der Waals surface area (Å²) >= 11 is 5.82. The van der Waals surface area contributed by atoms with Crippen molar-refractivity contribution in [2.45, 2.75) is 44.7 Å². The number of rotatable bonds is 5. The highest BCUT2D eigenvalue weighted by molar-refractivity contribution is 6.86. The van der Waals surface area contributed by atoms with Gasteiger partial charge in [0.05, 0.1) is 5.56 Å². The van der Waals surface area contributed by atoms with E-state index in [2.05, 4.69) is 6.92 Å². The van der Waals surface area contributed by atoms with Crippen LogP contribution in [0.3, 0.4) is 0 Å². The standard InChI is InChI=1S/C21H24ClFO2Si/c1-2-3-16-12-14-26(23,15-13-16)20-10-4-17(5-11-20)21(24)25-19-8-6-18(22)7-9-19/h4-11,16H,2-3,12-15H2,1H3/t16-,26+. The Morgan fingerprint density at radius 1 is 1.12 bits per heavy atom. The second-order valence-corrected chi connectivity index (χ2v) is 11.1. The summed E-state index contributed by atoms with van der Waals surface area (Å²) in [6.07, 6.45) is 4.38. The van der Waals surface area contributed by atoms with E-state index in [1.54, 1.807) is 48.5 Å². The van der Waals surface area contributed by atoms with Crippen molar-refractivity contribution in [3.8, 4) is 5.75 Å². The van der Waals surface area contributed by atoms with Gasteiger partial charge in [-0.2, -0.15) is 0 Å². The van der Waals surface area contributed by atoms with Crippen molar-refractivity contribution >= 4 is 31.2 Å². The largest absolute Gasteiger partial charge is 0.423 e.